The number of carbonyl (C=O) groups is 3. The van der Waals surface area contributed by atoms with Crippen molar-refractivity contribution in [3.63, 3.8) is 0 Å². The number of nitrogens with zero attached hydrogens (tertiary/aromatic N) is 5. The maximum atomic E-state index is 12.8. The molecule has 1 aromatic heterocycles. The fourth-order valence-electron chi connectivity index (χ4n) is 6.09. The van der Waals surface area contributed by atoms with Gasteiger partial charge < -0.3 is 4.90 Å². The number of fused-ring (bicyclic) bond motifs is 3. The van der Waals surface area contributed by atoms with Crippen LogP contribution in [0, 0.1) is 0 Å². The lowest BCUT2D eigenvalue weighted by molar-refractivity contribution is -0.134. The molecule has 8 nitrogen and oxygen atoms in total. The standard InChI is InChI=1S/C34H27N5O3S/c1-34(2)25-12-8-9-13-27(25)39(22-10-6-5-7-11-22)28-17-15-20(19-26(28)34)23-16-14-21(29-30(23)36-43-35-29)18-24-31(40)37(3)33(42)38(4)32(24)41/h5-19H,1-4H3. The molecule has 0 N–H and O–H groups in total. The highest BCUT2D eigenvalue weighted by atomic mass is 32.1. The Hall–Kier alpha value is -5.15. The molecule has 5 aromatic rings. The molecule has 1 fully saturated rings. The Labute approximate surface area is 252 Å². The number of carbonyl (C=O) groups excluding carboxylic acids is 3. The lowest BCUT2D eigenvalue weighted by atomic mass is 9.73. The smallest absolute Gasteiger partial charge is 0.310 e. The number of hydrogen-bond donors (Lipinski definition) is 0. The second-order valence-electron chi connectivity index (χ2n) is 11.3. The minimum Gasteiger partial charge on any atom is -0.310 e. The fraction of sp³-hybridized carbons (Fsp3) is 0.147. The Kier molecular flexibility index (Phi) is 6.03. The highest BCUT2D eigenvalue weighted by Gasteiger charge is 2.39. The van der Waals surface area contributed by atoms with Crippen LogP contribution >= 0.6 is 11.7 Å². The number of likely N-dealkylation sites (N-methyl/N-ethyl adjacent to an activating group) is 2. The number of aromatic nitrogens is 2. The SMILES string of the molecule is CN1C(=O)C(=Cc2ccc(-c3ccc4c(c3)C(C)(C)c3ccccc3N4c3ccccc3)c3nsnc23)C(=O)N(C)C1=O. The number of rotatable bonds is 3. The van der Waals surface area contributed by atoms with Gasteiger partial charge in [-0.2, -0.15) is 8.75 Å². The molecule has 0 aliphatic carbocycles. The molecule has 0 radical (unpaired) electrons. The maximum absolute atomic E-state index is 12.8. The monoisotopic (exact) mass is 585 g/mol. The van der Waals surface area contributed by atoms with Gasteiger partial charge in [-0.15, -0.1) is 0 Å². The van der Waals surface area contributed by atoms with Crippen LogP contribution in [-0.2, 0) is 15.0 Å². The molecule has 2 aliphatic rings. The van der Waals surface area contributed by atoms with E-state index in [-0.39, 0.29) is 11.0 Å². The van der Waals surface area contributed by atoms with Crippen LogP contribution in [-0.4, -0.2) is 50.5 Å². The first-order valence-corrected chi connectivity index (χ1v) is 14.6. The average molecular weight is 586 g/mol. The number of urea groups is 1. The summed E-state index contributed by atoms with van der Waals surface area (Å²) in [5.74, 6) is -1.29. The van der Waals surface area contributed by atoms with E-state index < -0.39 is 17.8 Å². The molecular weight excluding hydrogens is 558 g/mol. The Bertz CT molecular complexity index is 1990. The number of anilines is 3. The molecule has 4 aromatic carbocycles. The summed E-state index contributed by atoms with van der Waals surface area (Å²) in [6, 6.07) is 28.6. The van der Waals surface area contributed by atoms with Gasteiger partial charge >= 0.3 is 6.03 Å². The van der Waals surface area contributed by atoms with E-state index in [1.165, 1.54) is 31.3 Å². The minimum absolute atomic E-state index is 0.0955. The van der Waals surface area contributed by atoms with Crippen molar-refractivity contribution in [3.8, 4) is 11.1 Å². The Morgan fingerprint density at radius 3 is 2.12 bits per heavy atom. The quantitative estimate of drug-likeness (QED) is 0.169. The number of para-hydroxylation sites is 2. The molecule has 1 saturated heterocycles. The Morgan fingerprint density at radius 1 is 0.721 bits per heavy atom. The molecule has 0 spiro atoms. The summed E-state index contributed by atoms with van der Waals surface area (Å²) in [5, 5.41) is 0. The van der Waals surface area contributed by atoms with Crippen molar-refractivity contribution >= 4 is 63.7 Å². The van der Waals surface area contributed by atoms with E-state index in [9.17, 15) is 14.4 Å². The molecule has 43 heavy (non-hydrogen) atoms. The predicted octanol–water partition coefficient (Wildman–Crippen LogP) is 6.90. The highest BCUT2D eigenvalue weighted by Crippen LogP contribution is 2.52. The van der Waals surface area contributed by atoms with Crippen LogP contribution in [0.15, 0.2) is 90.5 Å². The Balaban J connectivity index is 1.36. The van der Waals surface area contributed by atoms with E-state index in [4.69, 9.17) is 0 Å². The summed E-state index contributed by atoms with van der Waals surface area (Å²) >= 11 is 1.08. The zero-order valence-electron chi connectivity index (χ0n) is 24.0. The largest absolute Gasteiger partial charge is 0.333 e. The second-order valence-corrected chi connectivity index (χ2v) is 11.8. The minimum atomic E-state index is -0.660. The van der Waals surface area contributed by atoms with Crippen LogP contribution in [0.3, 0.4) is 0 Å². The van der Waals surface area contributed by atoms with Gasteiger partial charge in [-0.3, -0.25) is 19.4 Å². The first kappa shape index (κ1) is 26.7. The lowest BCUT2D eigenvalue weighted by Crippen LogP contribution is -2.52. The first-order valence-electron chi connectivity index (χ1n) is 13.8. The highest BCUT2D eigenvalue weighted by molar-refractivity contribution is 7.00. The number of barbiturate groups is 1. The molecule has 9 heteroatoms. The lowest BCUT2D eigenvalue weighted by Gasteiger charge is -2.42. The fourth-order valence-corrected chi connectivity index (χ4v) is 6.67. The number of imide groups is 2. The molecule has 3 heterocycles. The number of amides is 4. The van der Waals surface area contributed by atoms with Crippen molar-refractivity contribution in [2.75, 3.05) is 19.0 Å². The molecule has 0 bridgehead atoms. The third-order valence-electron chi connectivity index (χ3n) is 8.44. The van der Waals surface area contributed by atoms with Crippen LogP contribution in [0.25, 0.3) is 28.2 Å². The van der Waals surface area contributed by atoms with Gasteiger partial charge in [0.25, 0.3) is 11.8 Å². The maximum Gasteiger partial charge on any atom is 0.333 e. The van der Waals surface area contributed by atoms with Gasteiger partial charge in [-0.25, -0.2) is 4.79 Å². The summed E-state index contributed by atoms with van der Waals surface area (Å²) < 4.78 is 9.15. The number of benzene rings is 4. The van der Waals surface area contributed by atoms with Gasteiger partial charge in [0.2, 0.25) is 0 Å². The van der Waals surface area contributed by atoms with Gasteiger partial charge in [0.15, 0.2) is 0 Å². The van der Waals surface area contributed by atoms with Crippen molar-refractivity contribution in [2.45, 2.75) is 19.3 Å². The van der Waals surface area contributed by atoms with E-state index in [0.717, 1.165) is 49.7 Å². The van der Waals surface area contributed by atoms with E-state index >= 15 is 0 Å². The van der Waals surface area contributed by atoms with Crippen LogP contribution in [0.1, 0.15) is 30.5 Å². The summed E-state index contributed by atoms with van der Waals surface area (Å²) in [5.41, 5.74) is 9.17. The average Bonchev–Trinajstić information content (AvgIpc) is 3.52. The van der Waals surface area contributed by atoms with E-state index in [1.54, 1.807) is 0 Å². The Morgan fingerprint density at radius 2 is 1.37 bits per heavy atom. The molecule has 0 unspecified atom stereocenters. The van der Waals surface area contributed by atoms with Crippen LogP contribution in [0.2, 0.25) is 0 Å². The summed E-state index contributed by atoms with van der Waals surface area (Å²) in [4.78, 5) is 42.0. The third kappa shape index (κ3) is 3.99. The van der Waals surface area contributed by atoms with Gasteiger partial charge in [0.05, 0.1) is 23.1 Å². The zero-order valence-corrected chi connectivity index (χ0v) is 24.8. The molecule has 4 amide bonds. The molecule has 212 valence electrons. The van der Waals surface area contributed by atoms with Crippen molar-refractivity contribution in [3.05, 3.63) is 107 Å². The second kappa shape index (κ2) is 9.71. The van der Waals surface area contributed by atoms with Gasteiger partial charge in [-0.1, -0.05) is 68.4 Å². The van der Waals surface area contributed by atoms with Crippen molar-refractivity contribution in [1.82, 2.24) is 18.5 Å². The van der Waals surface area contributed by atoms with Gasteiger partial charge in [0, 0.05) is 36.3 Å². The topological polar surface area (TPSA) is 86.7 Å². The van der Waals surface area contributed by atoms with E-state index in [1.807, 2.05) is 18.2 Å². The zero-order chi connectivity index (χ0) is 30.0. The molecule has 2 aliphatic heterocycles. The van der Waals surface area contributed by atoms with Crippen LogP contribution in [0.5, 0.6) is 0 Å². The molecular formula is C34H27N5O3S. The normalized spacial score (nSPS) is 16.0. The molecule has 0 atom stereocenters. The van der Waals surface area contributed by atoms with E-state index in [2.05, 4.69) is 94.2 Å². The summed E-state index contributed by atoms with van der Waals surface area (Å²) in [6.45, 7) is 4.51. The van der Waals surface area contributed by atoms with Crippen molar-refractivity contribution < 1.29 is 14.4 Å². The number of hydrogen-bond acceptors (Lipinski definition) is 7. The molecule has 0 saturated carbocycles. The molecule has 7 rings (SSSR count). The van der Waals surface area contributed by atoms with E-state index in [0.29, 0.717) is 16.6 Å². The predicted molar refractivity (Wildman–Crippen MR) is 169 cm³/mol. The van der Waals surface area contributed by atoms with Gasteiger partial charge in [-0.05, 0) is 53.1 Å². The van der Waals surface area contributed by atoms with Gasteiger partial charge in [0.1, 0.15) is 16.6 Å². The first-order chi connectivity index (χ1) is 20.7. The summed E-state index contributed by atoms with van der Waals surface area (Å²) in [6.07, 6.45) is 1.50. The third-order valence-corrected chi connectivity index (χ3v) is 8.97. The van der Waals surface area contributed by atoms with Crippen molar-refractivity contribution in [1.29, 1.82) is 0 Å². The van der Waals surface area contributed by atoms with Crippen molar-refractivity contribution in [2.24, 2.45) is 0 Å². The van der Waals surface area contributed by atoms with Crippen LogP contribution in [0.4, 0.5) is 21.9 Å². The van der Waals surface area contributed by atoms with Crippen LogP contribution < -0.4 is 4.90 Å². The summed E-state index contributed by atoms with van der Waals surface area (Å²) in [7, 11) is 2.72.